The van der Waals surface area contributed by atoms with Gasteiger partial charge in [-0.05, 0) is 47.7 Å². The Hall–Kier alpha value is -2.82. The number of aldehydes is 1. The number of carbonyl (C=O) groups is 1. The lowest BCUT2D eigenvalue weighted by Crippen LogP contribution is -2.05. The van der Waals surface area contributed by atoms with Gasteiger partial charge in [-0.2, -0.15) is 0 Å². The molecule has 0 aliphatic rings. The number of nitrogens with zero attached hydrogens (tertiary/aromatic N) is 4. The monoisotopic (exact) mass is 306 g/mol. The van der Waals surface area contributed by atoms with Crippen molar-refractivity contribution in [2.75, 3.05) is 0 Å². The third-order valence-corrected chi connectivity index (χ3v) is 3.73. The highest BCUT2D eigenvalue weighted by atomic mass is 16.1. The number of rotatable bonds is 5. The average molecular weight is 306 g/mol. The van der Waals surface area contributed by atoms with Crippen molar-refractivity contribution in [1.82, 2.24) is 20.0 Å². The minimum atomic E-state index is 0.168. The first-order valence-corrected chi connectivity index (χ1v) is 7.58. The summed E-state index contributed by atoms with van der Waals surface area (Å²) in [7, 11) is 0. The minimum absolute atomic E-state index is 0.168. The van der Waals surface area contributed by atoms with E-state index in [1.807, 2.05) is 38.1 Å². The Balaban J connectivity index is 1.88. The smallest absolute Gasteiger partial charge is 0.172 e. The van der Waals surface area contributed by atoms with Gasteiger partial charge in [-0.3, -0.25) is 9.78 Å². The quantitative estimate of drug-likeness (QED) is 0.679. The van der Waals surface area contributed by atoms with E-state index >= 15 is 0 Å². The van der Waals surface area contributed by atoms with Crippen LogP contribution in [0.1, 0.15) is 47.1 Å². The maximum atomic E-state index is 11.1. The molecule has 1 aromatic carbocycles. The number of carbonyl (C=O) groups excluding carboxylic acids is 1. The van der Waals surface area contributed by atoms with Gasteiger partial charge in [-0.25, -0.2) is 4.68 Å². The van der Waals surface area contributed by atoms with Gasteiger partial charge in [0.15, 0.2) is 6.29 Å². The van der Waals surface area contributed by atoms with Crippen molar-refractivity contribution >= 4 is 6.29 Å². The molecule has 0 N–H and O–H groups in total. The van der Waals surface area contributed by atoms with Crippen LogP contribution in [0.4, 0.5) is 0 Å². The van der Waals surface area contributed by atoms with Crippen molar-refractivity contribution < 1.29 is 4.79 Å². The third kappa shape index (κ3) is 3.18. The topological polar surface area (TPSA) is 60.7 Å². The molecule has 2 aromatic heterocycles. The fraction of sp³-hybridized carbons (Fsp3) is 0.222. The first-order chi connectivity index (χ1) is 11.2. The van der Waals surface area contributed by atoms with E-state index in [1.165, 1.54) is 11.1 Å². The summed E-state index contributed by atoms with van der Waals surface area (Å²) in [4.78, 5) is 15.1. The van der Waals surface area contributed by atoms with Gasteiger partial charge in [-0.1, -0.05) is 31.2 Å². The van der Waals surface area contributed by atoms with Crippen LogP contribution < -0.4 is 0 Å². The van der Waals surface area contributed by atoms with Gasteiger partial charge >= 0.3 is 0 Å². The van der Waals surface area contributed by atoms with Gasteiger partial charge in [0.25, 0.3) is 0 Å². The summed E-state index contributed by atoms with van der Waals surface area (Å²) in [5.41, 5.74) is 4.58. The second kappa shape index (κ2) is 6.52. The fourth-order valence-electron chi connectivity index (χ4n) is 2.61. The lowest BCUT2D eigenvalue weighted by molar-refractivity contribution is 0.111. The van der Waals surface area contributed by atoms with Crippen LogP contribution in [0.5, 0.6) is 0 Å². The Labute approximate surface area is 135 Å². The number of hydrogen-bond donors (Lipinski definition) is 0. The molecule has 116 valence electrons. The molecular weight excluding hydrogens is 288 g/mol. The number of hydrogen-bond acceptors (Lipinski definition) is 4. The van der Waals surface area contributed by atoms with Crippen molar-refractivity contribution in [2.24, 2.45) is 0 Å². The SMILES string of the molecule is CC(C)c1c(C=O)nnn1-c1ccc(Cc2ccncc2)cc1. The highest BCUT2D eigenvalue weighted by Gasteiger charge is 2.16. The van der Waals surface area contributed by atoms with Gasteiger partial charge in [0.05, 0.1) is 11.4 Å². The van der Waals surface area contributed by atoms with Crippen LogP contribution in [-0.4, -0.2) is 26.3 Å². The Morgan fingerprint density at radius 2 is 1.70 bits per heavy atom. The van der Waals surface area contributed by atoms with Crippen LogP contribution in [0.3, 0.4) is 0 Å². The Morgan fingerprint density at radius 3 is 2.30 bits per heavy atom. The molecule has 3 aromatic rings. The molecule has 0 bridgehead atoms. The van der Waals surface area contributed by atoms with Gasteiger partial charge in [0.1, 0.15) is 5.69 Å². The second-order valence-corrected chi connectivity index (χ2v) is 5.74. The maximum absolute atomic E-state index is 11.1. The van der Waals surface area contributed by atoms with Crippen LogP contribution in [-0.2, 0) is 6.42 Å². The van der Waals surface area contributed by atoms with Crippen molar-refractivity contribution in [3.8, 4) is 5.69 Å². The van der Waals surface area contributed by atoms with Crippen molar-refractivity contribution in [1.29, 1.82) is 0 Å². The van der Waals surface area contributed by atoms with Gasteiger partial charge < -0.3 is 0 Å². The van der Waals surface area contributed by atoms with Crippen molar-refractivity contribution in [3.05, 3.63) is 71.3 Å². The highest BCUT2D eigenvalue weighted by molar-refractivity contribution is 5.73. The molecule has 5 nitrogen and oxygen atoms in total. The van der Waals surface area contributed by atoms with Crippen molar-refractivity contribution in [3.63, 3.8) is 0 Å². The molecule has 0 aliphatic heterocycles. The zero-order chi connectivity index (χ0) is 16.2. The average Bonchev–Trinajstić information content (AvgIpc) is 3.01. The largest absolute Gasteiger partial charge is 0.296 e. The summed E-state index contributed by atoms with van der Waals surface area (Å²) in [6, 6.07) is 12.2. The molecule has 5 heteroatoms. The third-order valence-electron chi connectivity index (χ3n) is 3.73. The first-order valence-electron chi connectivity index (χ1n) is 7.58. The van der Waals surface area contributed by atoms with E-state index in [4.69, 9.17) is 0 Å². The number of aromatic nitrogens is 4. The van der Waals surface area contributed by atoms with Crippen LogP contribution in [0, 0.1) is 0 Å². The molecule has 2 heterocycles. The highest BCUT2D eigenvalue weighted by Crippen LogP contribution is 2.21. The van der Waals surface area contributed by atoms with Crippen LogP contribution >= 0.6 is 0 Å². The number of pyridine rings is 1. The molecule has 0 unspecified atom stereocenters. The molecule has 0 saturated carbocycles. The number of benzene rings is 1. The molecule has 0 fully saturated rings. The van der Waals surface area contributed by atoms with E-state index in [0.29, 0.717) is 5.69 Å². The Kier molecular flexibility index (Phi) is 4.28. The molecular formula is C18H18N4O. The van der Waals surface area contributed by atoms with Crippen LogP contribution in [0.25, 0.3) is 5.69 Å². The van der Waals surface area contributed by atoms with E-state index in [9.17, 15) is 4.79 Å². The Morgan fingerprint density at radius 1 is 1.04 bits per heavy atom. The van der Waals surface area contributed by atoms with Gasteiger partial charge in [0, 0.05) is 12.4 Å². The zero-order valence-electron chi connectivity index (χ0n) is 13.2. The normalized spacial score (nSPS) is 10.9. The lowest BCUT2D eigenvalue weighted by Gasteiger charge is -2.10. The predicted molar refractivity (Wildman–Crippen MR) is 87.9 cm³/mol. The zero-order valence-corrected chi connectivity index (χ0v) is 13.2. The fourth-order valence-corrected chi connectivity index (χ4v) is 2.61. The lowest BCUT2D eigenvalue weighted by atomic mass is 10.1. The van der Waals surface area contributed by atoms with E-state index in [0.717, 1.165) is 24.1 Å². The summed E-state index contributed by atoms with van der Waals surface area (Å²) in [5.74, 6) is 0.168. The molecule has 0 aliphatic carbocycles. The van der Waals surface area contributed by atoms with Crippen LogP contribution in [0.15, 0.2) is 48.8 Å². The summed E-state index contributed by atoms with van der Waals surface area (Å²) >= 11 is 0. The van der Waals surface area contributed by atoms with Gasteiger partial charge in [-0.15, -0.1) is 5.10 Å². The molecule has 3 rings (SSSR count). The van der Waals surface area contributed by atoms with Gasteiger partial charge in [0.2, 0.25) is 0 Å². The van der Waals surface area contributed by atoms with Crippen LogP contribution in [0.2, 0.25) is 0 Å². The van der Waals surface area contributed by atoms with E-state index < -0.39 is 0 Å². The summed E-state index contributed by atoms with van der Waals surface area (Å²) < 4.78 is 1.74. The molecule has 0 saturated heterocycles. The standard InChI is InChI=1S/C18H18N4O/c1-13(2)18-17(12-23)20-21-22(18)16-5-3-14(4-6-16)11-15-7-9-19-10-8-15/h3-10,12-13H,11H2,1-2H3. The molecule has 0 atom stereocenters. The predicted octanol–water partition coefficient (Wildman–Crippen LogP) is 3.19. The second-order valence-electron chi connectivity index (χ2n) is 5.74. The molecule has 23 heavy (non-hydrogen) atoms. The molecule has 0 amide bonds. The minimum Gasteiger partial charge on any atom is -0.296 e. The summed E-state index contributed by atoms with van der Waals surface area (Å²) in [6.07, 6.45) is 5.22. The molecule has 0 spiro atoms. The maximum Gasteiger partial charge on any atom is 0.172 e. The first kappa shape index (κ1) is 15.1. The van der Waals surface area contributed by atoms with Crippen molar-refractivity contribution in [2.45, 2.75) is 26.2 Å². The Bertz CT molecular complexity index is 792. The van der Waals surface area contributed by atoms with E-state index in [1.54, 1.807) is 17.1 Å². The molecule has 0 radical (unpaired) electrons. The van der Waals surface area contributed by atoms with E-state index in [-0.39, 0.29) is 5.92 Å². The van der Waals surface area contributed by atoms with E-state index in [2.05, 4.69) is 27.4 Å². The summed E-state index contributed by atoms with van der Waals surface area (Å²) in [6.45, 7) is 4.06. The summed E-state index contributed by atoms with van der Waals surface area (Å²) in [5, 5.41) is 8.08.